The number of nitrogens with zero attached hydrogens (tertiary/aromatic N) is 1. The van der Waals surface area contributed by atoms with E-state index in [-0.39, 0.29) is 11.6 Å². The van der Waals surface area contributed by atoms with Gasteiger partial charge in [-0.25, -0.2) is 4.98 Å². The lowest BCUT2D eigenvalue weighted by atomic mass is 9.68. The summed E-state index contributed by atoms with van der Waals surface area (Å²) in [6.45, 7) is 0. The first-order valence-corrected chi connectivity index (χ1v) is 4.70. The zero-order valence-electron chi connectivity index (χ0n) is 7.62. The minimum Gasteiger partial charge on any atom is -0.354 e. The Hall–Kier alpha value is -0.770. The van der Waals surface area contributed by atoms with Gasteiger partial charge < -0.3 is 5.32 Å². The van der Waals surface area contributed by atoms with Crippen LogP contribution in [-0.4, -0.2) is 33.6 Å². The molecular weight excluding hydrogens is 242 g/mol. The highest BCUT2D eigenvalue weighted by Gasteiger charge is 2.17. The van der Waals surface area contributed by atoms with E-state index >= 15 is 0 Å². The molecule has 1 amide bonds. The number of carbonyl (C=O) groups excluding carboxylic acids is 1. The van der Waals surface area contributed by atoms with E-state index in [0.29, 0.717) is 5.69 Å². The second-order valence-corrected chi connectivity index (χ2v) is 4.07. The molecule has 0 fully saturated rings. The molecule has 0 aromatic carbocycles. The van der Waals surface area contributed by atoms with Gasteiger partial charge in [0.05, 0.1) is 15.7 Å². The Morgan fingerprint density at radius 2 is 2.21 bits per heavy atom. The van der Waals surface area contributed by atoms with Crippen molar-refractivity contribution in [2.45, 2.75) is 4.12 Å². The molecule has 1 aromatic heterocycles. The molecule has 68 valence electrons. The van der Waals surface area contributed by atoms with Crippen molar-refractivity contribution in [3.63, 3.8) is 0 Å². The Balaban J connectivity index is 3.08. The van der Waals surface area contributed by atoms with Crippen molar-refractivity contribution in [2.24, 2.45) is 0 Å². The van der Waals surface area contributed by atoms with Gasteiger partial charge >= 0.3 is 0 Å². The second-order valence-electron chi connectivity index (χ2n) is 2.76. The summed E-state index contributed by atoms with van der Waals surface area (Å²) >= 11 is 3.05. The molecule has 6 heteroatoms. The predicted molar refractivity (Wildman–Crippen MR) is 59.7 cm³/mol. The van der Waals surface area contributed by atoms with E-state index in [1.807, 2.05) is 0 Å². The average molecular weight is 249 g/mol. The third-order valence-electron chi connectivity index (χ3n) is 1.60. The zero-order chi connectivity index (χ0) is 10.8. The maximum absolute atomic E-state index is 11.2. The highest BCUT2D eigenvalue weighted by Crippen LogP contribution is 2.21. The maximum atomic E-state index is 11.2. The molecule has 0 aliphatic carbocycles. The fraction of sp³-hybridized carbons (Fsp3) is 0.250. The lowest BCUT2D eigenvalue weighted by Crippen LogP contribution is -2.24. The van der Waals surface area contributed by atoms with E-state index in [9.17, 15) is 4.79 Å². The molecular formula is C8H7B2BrN2O. The molecule has 0 spiro atoms. The fourth-order valence-corrected chi connectivity index (χ4v) is 1.12. The quantitative estimate of drug-likeness (QED) is 0.604. The number of pyridine rings is 1. The van der Waals surface area contributed by atoms with Crippen LogP contribution in [0.15, 0.2) is 18.2 Å². The van der Waals surface area contributed by atoms with Gasteiger partial charge in [0, 0.05) is 12.7 Å². The number of carbonyl (C=O) groups is 1. The van der Waals surface area contributed by atoms with Crippen LogP contribution in [0.25, 0.3) is 0 Å². The largest absolute Gasteiger partial charge is 0.354 e. The van der Waals surface area contributed by atoms with Gasteiger partial charge in [0.15, 0.2) is 0 Å². The van der Waals surface area contributed by atoms with Crippen molar-refractivity contribution in [2.75, 3.05) is 7.05 Å². The highest BCUT2D eigenvalue weighted by atomic mass is 79.9. The Morgan fingerprint density at radius 3 is 2.71 bits per heavy atom. The van der Waals surface area contributed by atoms with E-state index in [1.165, 1.54) is 7.05 Å². The van der Waals surface area contributed by atoms with Gasteiger partial charge in [-0.3, -0.25) is 4.79 Å². The van der Waals surface area contributed by atoms with E-state index in [2.05, 4.69) is 26.2 Å². The minimum atomic E-state index is -1.21. The molecule has 0 atom stereocenters. The third-order valence-corrected chi connectivity index (χ3v) is 2.01. The number of rotatable bonds is 2. The molecule has 0 aliphatic heterocycles. The van der Waals surface area contributed by atoms with E-state index < -0.39 is 4.12 Å². The summed E-state index contributed by atoms with van der Waals surface area (Å²) in [5.41, 5.74) is 0.684. The summed E-state index contributed by atoms with van der Waals surface area (Å²) in [6, 6.07) is 4.89. The van der Waals surface area contributed by atoms with Crippen LogP contribution in [0.3, 0.4) is 0 Å². The van der Waals surface area contributed by atoms with Gasteiger partial charge in [0.2, 0.25) is 0 Å². The van der Waals surface area contributed by atoms with Crippen molar-refractivity contribution in [1.82, 2.24) is 10.3 Å². The van der Waals surface area contributed by atoms with Crippen LogP contribution in [0.5, 0.6) is 0 Å². The van der Waals surface area contributed by atoms with Gasteiger partial charge in [0.1, 0.15) is 5.69 Å². The molecule has 0 unspecified atom stereocenters. The van der Waals surface area contributed by atoms with E-state index in [1.54, 1.807) is 18.2 Å². The SMILES string of the molecule is [B]C([B])(Br)c1cccc(C(=O)NC)n1. The topological polar surface area (TPSA) is 42.0 Å². The molecule has 1 N–H and O–H groups in total. The second kappa shape index (κ2) is 4.17. The molecule has 0 saturated carbocycles. The molecule has 3 nitrogen and oxygen atoms in total. The number of nitrogens with one attached hydrogen (secondary N) is 1. The minimum absolute atomic E-state index is 0.274. The molecule has 1 aromatic rings. The van der Waals surface area contributed by atoms with Gasteiger partial charge in [-0.1, -0.05) is 22.0 Å². The summed E-state index contributed by atoms with van der Waals surface area (Å²) in [7, 11) is 12.7. The van der Waals surface area contributed by atoms with Gasteiger partial charge in [-0.05, 0) is 16.3 Å². The number of amides is 1. The number of alkyl halides is 1. The van der Waals surface area contributed by atoms with E-state index in [0.717, 1.165) is 0 Å². The monoisotopic (exact) mass is 248 g/mol. The molecule has 4 radical (unpaired) electrons. The Labute approximate surface area is 93.6 Å². The molecule has 0 aliphatic rings. The highest BCUT2D eigenvalue weighted by molar-refractivity contribution is 9.10. The maximum Gasteiger partial charge on any atom is 0.269 e. The predicted octanol–water partition coefficient (Wildman–Crippen LogP) is 0.283. The molecule has 0 saturated heterocycles. The lowest BCUT2D eigenvalue weighted by Gasteiger charge is -2.16. The number of hydrogen-bond acceptors (Lipinski definition) is 2. The fourth-order valence-electron chi connectivity index (χ4n) is 0.903. The first-order valence-electron chi connectivity index (χ1n) is 3.91. The lowest BCUT2D eigenvalue weighted by molar-refractivity contribution is 0.0958. The molecule has 14 heavy (non-hydrogen) atoms. The van der Waals surface area contributed by atoms with Crippen molar-refractivity contribution < 1.29 is 4.79 Å². The van der Waals surface area contributed by atoms with Crippen LogP contribution < -0.4 is 5.32 Å². The van der Waals surface area contributed by atoms with Gasteiger partial charge in [-0.15, -0.1) is 0 Å². The number of aromatic nitrogens is 1. The van der Waals surface area contributed by atoms with Crippen LogP contribution in [0.1, 0.15) is 16.2 Å². The van der Waals surface area contributed by atoms with Crippen LogP contribution in [0, 0.1) is 0 Å². The summed E-state index contributed by atoms with van der Waals surface area (Å²) in [5.74, 6) is -0.274. The first-order chi connectivity index (χ1) is 6.45. The molecule has 1 heterocycles. The molecule has 1 rings (SSSR count). The normalized spacial score (nSPS) is 11.0. The third kappa shape index (κ3) is 2.61. The van der Waals surface area contributed by atoms with Crippen LogP contribution >= 0.6 is 15.9 Å². The summed E-state index contributed by atoms with van der Waals surface area (Å²) in [5, 5.41) is 2.46. The van der Waals surface area contributed by atoms with E-state index in [4.69, 9.17) is 15.7 Å². The van der Waals surface area contributed by atoms with Gasteiger partial charge in [0.25, 0.3) is 5.91 Å². The Kier molecular flexibility index (Phi) is 3.37. The van der Waals surface area contributed by atoms with Gasteiger partial charge in [-0.2, -0.15) is 0 Å². The first kappa shape index (κ1) is 11.3. The Morgan fingerprint density at radius 1 is 1.57 bits per heavy atom. The van der Waals surface area contributed by atoms with Crippen LogP contribution in [-0.2, 0) is 4.12 Å². The summed E-state index contributed by atoms with van der Waals surface area (Å²) in [4.78, 5) is 15.2. The van der Waals surface area contributed by atoms with Crippen molar-refractivity contribution in [3.05, 3.63) is 29.6 Å². The van der Waals surface area contributed by atoms with Crippen molar-refractivity contribution in [3.8, 4) is 0 Å². The summed E-state index contributed by atoms with van der Waals surface area (Å²) < 4.78 is -1.21. The summed E-state index contributed by atoms with van der Waals surface area (Å²) in [6.07, 6.45) is 0. The van der Waals surface area contributed by atoms with Crippen LogP contribution in [0.2, 0.25) is 0 Å². The smallest absolute Gasteiger partial charge is 0.269 e. The van der Waals surface area contributed by atoms with Crippen molar-refractivity contribution >= 4 is 37.5 Å². The zero-order valence-corrected chi connectivity index (χ0v) is 9.21. The standard InChI is InChI=1S/C8H7B2BrN2O/c1-12-7(14)5-3-2-4-6(13-5)8(9,10)11/h2-4H,1H3,(H,12,14). The molecule has 0 bridgehead atoms. The number of hydrogen-bond donors (Lipinski definition) is 1. The van der Waals surface area contributed by atoms with Crippen LogP contribution in [0.4, 0.5) is 0 Å². The number of halogens is 1. The van der Waals surface area contributed by atoms with Crippen molar-refractivity contribution in [1.29, 1.82) is 0 Å². The Bertz CT molecular complexity index is 351. The average Bonchev–Trinajstić information content (AvgIpc) is 2.15.